The topological polar surface area (TPSA) is 19.6 Å². The van der Waals surface area contributed by atoms with Crippen LogP contribution in [0.2, 0.25) is 0 Å². The molecule has 2 saturated heterocycles. The van der Waals surface area contributed by atoms with E-state index in [0.717, 1.165) is 25.7 Å². The third-order valence-corrected chi connectivity index (χ3v) is 5.80. The third-order valence-electron chi connectivity index (χ3n) is 5.80. The first kappa shape index (κ1) is 17.6. The number of benzene rings is 1. The Labute approximate surface area is 151 Å². The summed E-state index contributed by atoms with van der Waals surface area (Å²) >= 11 is 0. The number of nitrogens with zero attached hydrogens (tertiary/aromatic N) is 2. The van der Waals surface area contributed by atoms with E-state index in [9.17, 15) is 13.2 Å². The van der Waals surface area contributed by atoms with Crippen LogP contribution in [0.1, 0.15) is 28.7 Å². The fourth-order valence-electron chi connectivity index (χ4n) is 4.70. The maximum absolute atomic E-state index is 12.7. The smallest absolute Gasteiger partial charge is 0.449 e. The summed E-state index contributed by atoms with van der Waals surface area (Å²) in [4.78, 5) is 4.65. The summed E-state index contributed by atoms with van der Waals surface area (Å²) in [7, 11) is 2.17. The predicted octanol–water partition coefficient (Wildman–Crippen LogP) is 4.34. The summed E-state index contributed by atoms with van der Waals surface area (Å²) in [6.07, 6.45) is -4.42. The summed E-state index contributed by atoms with van der Waals surface area (Å²) < 4.78 is 43.1. The van der Waals surface area contributed by atoms with Crippen molar-refractivity contribution in [1.29, 1.82) is 0 Å². The number of rotatable bonds is 3. The molecule has 6 heteroatoms. The van der Waals surface area contributed by atoms with E-state index in [1.54, 1.807) is 0 Å². The van der Waals surface area contributed by atoms with Crippen molar-refractivity contribution in [2.45, 2.75) is 25.7 Å². The highest BCUT2D eigenvalue weighted by atomic mass is 19.4. The van der Waals surface area contributed by atoms with Crippen LogP contribution >= 0.6 is 0 Å². The largest absolute Gasteiger partial charge is 0.455 e. The summed E-state index contributed by atoms with van der Waals surface area (Å²) in [5.41, 5.74) is 2.66. The minimum Gasteiger partial charge on any atom is -0.455 e. The number of fused-ring (bicyclic) bond motifs is 1. The Morgan fingerprint density at radius 2 is 1.85 bits per heavy atom. The van der Waals surface area contributed by atoms with Crippen LogP contribution in [0.25, 0.3) is 0 Å². The first-order valence-corrected chi connectivity index (χ1v) is 8.97. The summed E-state index contributed by atoms with van der Waals surface area (Å²) in [5, 5.41) is 0. The Morgan fingerprint density at radius 1 is 1.08 bits per heavy atom. The van der Waals surface area contributed by atoms with Crippen molar-refractivity contribution in [3.63, 3.8) is 0 Å². The lowest BCUT2D eigenvalue weighted by atomic mass is 9.88. The SMILES string of the molecule is Cc1ccccc1[C@H]1[C@@H]2CN(Cc3ccc(C(F)(F)F)o3)C[C@@H]2CN1C. The highest BCUT2D eigenvalue weighted by Gasteiger charge is 2.46. The summed E-state index contributed by atoms with van der Waals surface area (Å²) in [6.45, 7) is 5.39. The molecule has 3 atom stereocenters. The Morgan fingerprint density at radius 3 is 2.54 bits per heavy atom. The number of aryl methyl sites for hydroxylation is 1. The minimum absolute atomic E-state index is 0.369. The van der Waals surface area contributed by atoms with Gasteiger partial charge in [0.25, 0.3) is 0 Å². The van der Waals surface area contributed by atoms with Crippen molar-refractivity contribution in [2.24, 2.45) is 11.8 Å². The van der Waals surface area contributed by atoms with E-state index in [1.165, 1.54) is 17.2 Å². The zero-order valence-corrected chi connectivity index (χ0v) is 15.0. The standard InChI is InChI=1S/C20H23F3N2O/c1-13-5-3-4-6-16(13)19-17-12-25(10-14(17)9-24(19)2)11-15-7-8-18(26-15)20(21,22)23/h3-8,14,17,19H,9-12H2,1-2H3/t14-,17+,19-/m0/s1. The monoisotopic (exact) mass is 364 g/mol. The van der Waals surface area contributed by atoms with Crippen LogP contribution in [-0.4, -0.2) is 36.5 Å². The van der Waals surface area contributed by atoms with Crippen molar-refractivity contribution in [1.82, 2.24) is 9.80 Å². The molecule has 2 aliphatic rings. The Bertz CT molecular complexity index is 785. The van der Waals surface area contributed by atoms with Gasteiger partial charge in [-0.15, -0.1) is 0 Å². The molecular formula is C20H23F3N2O. The van der Waals surface area contributed by atoms with E-state index >= 15 is 0 Å². The van der Waals surface area contributed by atoms with Crippen LogP contribution in [0.4, 0.5) is 13.2 Å². The van der Waals surface area contributed by atoms with E-state index in [0.29, 0.717) is 30.2 Å². The van der Waals surface area contributed by atoms with Gasteiger partial charge in [0.15, 0.2) is 0 Å². The van der Waals surface area contributed by atoms with Gasteiger partial charge in [0.05, 0.1) is 6.54 Å². The maximum Gasteiger partial charge on any atom is 0.449 e. The molecule has 3 heterocycles. The van der Waals surface area contributed by atoms with Gasteiger partial charge >= 0.3 is 6.18 Å². The van der Waals surface area contributed by atoms with Gasteiger partial charge in [-0.1, -0.05) is 24.3 Å². The Kier molecular flexibility index (Phi) is 4.35. The van der Waals surface area contributed by atoms with Gasteiger partial charge in [-0.25, -0.2) is 0 Å². The van der Waals surface area contributed by atoms with Crippen LogP contribution < -0.4 is 0 Å². The van der Waals surface area contributed by atoms with Crippen molar-refractivity contribution in [2.75, 3.05) is 26.7 Å². The molecule has 1 aromatic carbocycles. The molecule has 140 valence electrons. The normalized spacial score (nSPS) is 27.2. The number of likely N-dealkylation sites (tertiary alicyclic amines) is 2. The van der Waals surface area contributed by atoms with Crippen molar-refractivity contribution < 1.29 is 17.6 Å². The zero-order valence-electron chi connectivity index (χ0n) is 15.0. The average molecular weight is 364 g/mol. The molecule has 0 bridgehead atoms. The van der Waals surface area contributed by atoms with E-state index in [1.807, 2.05) is 0 Å². The van der Waals surface area contributed by atoms with Crippen molar-refractivity contribution >= 4 is 0 Å². The van der Waals surface area contributed by atoms with Crippen LogP contribution in [0.15, 0.2) is 40.8 Å². The fraction of sp³-hybridized carbons (Fsp3) is 0.500. The summed E-state index contributed by atoms with van der Waals surface area (Å²) in [5.74, 6) is 0.516. The predicted molar refractivity (Wildman–Crippen MR) is 92.5 cm³/mol. The first-order valence-electron chi connectivity index (χ1n) is 8.97. The zero-order chi connectivity index (χ0) is 18.5. The lowest BCUT2D eigenvalue weighted by Gasteiger charge is -2.27. The number of hydrogen-bond donors (Lipinski definition) is 0. The van der Waals surface area contributed by atoms with E-state index in [-0.39, 0.29) is 0 Å². The van der Waals surface area contributed by atoms with Gasteiger partial charge in [0, 0.05) is 25.7 Å². The number of halogens is 3. The second kappa shape index (κ2) is 6.43. The van der Waals surface area contributed by atoms with E-state index in [2.05, 4.69) is 48.0 Å². The minimum atomic E-state index is -4.42. The lowest BCUT2D eigenvalue weighted by Crippen LogP contribution is -2.29. The molecular weight excluding hydrogens is 341 g/mol. The Balaban J connectivity index is 1.48. The molecule has 3 nitrogen and oxygen atoms in total. The lowest BCUT2D eigenvalue weighted by molar-refractivity contribution is -0.153. The van der Waals surface area contributed by atoms with Crippen LogP contribution in [0, 0.1) is 18.8 Å². The molecule has 4 rings (SSSR count). The molecule has 0 unspecified atom stereocenters. The quantitative estimate of drug-likeness (QED) is 0.808. The molecule has 2 aromatic rings. The number of alkyl halides is 3. The van der Waals surface area contributed by atoms with Crippen molar-refractivity contribution in [3.05, 3.63) is 59.0 Å². The maximum atomic E-state index is 12.7. The van der Waals surface area contributed by atoms with Gasteiger partial charge in [0.1, 0.15) is 5.76 Å². The Hall–Kier alpha value is -1.79. The molecule has 2 aliphatic heterocycles. The van der Waals surface area contributed by atoms with E-state index < -0.39 is 11.9 Å². The molecule has 26 heavy (non-hydrogen) atoms. The highest BCUT2D eigenvalue weighted by molar-refractivity contribution is 5.31. The molecule has 0 radical (unpaired) electrons. The fourth-order valence-corrected chi connectivity index (χ4v) is 4.70. The molecule has 0 amide bonds. The highest BCUT2D eigenvalue weighted by Crippen LogP contribution is 2.45. The van der Waals surface area contributed by atoms with Gasteiger partial charge in [0.2, 0.25) is 5.76 Å². The molecule has 0 saturated carbocycles. The molecule has 2 fully saturated rings. The van der Waals surface area contributed by atoms with Crippen LogP contribution in [-0.2, 0) is 12.7 Å². The number of hydrogen-bond acceptors (Lipinski definition) is 3. The average Bonchev–Trinajstić information content (AvgIpc) is 3.23. The van der Waals surface area contributed by atoms with Crippen LogP contribution in [0.3, 0.4) is 0 Å². The molecule has 1 aromatic heterocycles. The molecule has 0 aliphatic carbocycles. The number of furan rings is 1. The molecule has 0 N–H and O–H groups in total. The van der Waals surface area contributed by atoms with Gasteiger partial charge in [-0.2, -0.15) is 13.2 Å². The second-order valence-electron chi connectivity index (χ2n) is 7.62. The van der Waals surface area contributed by atoms with Gasteiger partial charge in [-0.05, 0) is 49.1 Å². The third kappa shape index (κ3) is 3.16. The van der Waals surface area contributed by atoms with Crippen molar-refractivity contribution in [3.8, 4) is 0 Å². The van der Waals surface area contributed by atoms with Crippen LogP contribution in [0.5, 0.6) is 0 Å². The summed E-state index contributed by atoms with van der Waals surface area (Å²) in [6, 6.07) is 11.3. The second-order valence-corrected chi connectivity index (χ2v) is 7.62. The molecule has 0 spiro atoms. The van der Waals surface area contributed by atoms with Gasteiger partial charge in [-0.3, -0.25) is 9.80 Å². The van der Waals surface area contributed by atoms with E-state index in [4.69, 9.17) is 4.42 Å². The van der Waals surface area contributed by atoms with Gasteiger partial charge < -0.3 is 4.42 Å². The first-order chi connectivity index (χ1) is 12.3.